The third-order valence-corrected chi connectivity index (χ3v) is 3.21. The fourth-order valence-electron chi connectivity index (χ4n) is 2.01. The van der Waals surface area contributed by atoms with Crippen LogP contribution < -0.4 is 15.2 Å². The van der Waals surface area contributed by atoms with Crippen molar-refractivity contribution in [3.63, 3.8) is 0 Å². The number of benzene rings is 2. The molecule has 0 aromatic heterocycles. The van der Waals surface area contributed by atoms with Crippen LogP contribution in [0.25, 0.3) is 0 Å². The van der Waals surface area contributed by atoms with Gasteiger partial charge in [-0.05, 0) is 30.3 Å². The van der Waals surface area contributed by atoms with E-state index < -0.39 is 5.97 Å². The van der Waals surface area contributed by atoms with Gasteiger partial charge in [0.2, 0.25) is 5.78 Å². The Morgan fingerprint density at radius 1 is 1.00 bits per heavy atom. The van der Waals surface area contributed by atoms with Gasteiger partial charge in [0.05, 0.1) is 19.8 Å². The van der Waals surface area contributed by atoms with Crippen LogP contribution in [-0.4, -0.2) is 32.6 Å². The molecule has 0 atom stereocenters. The summed E-state index contributed by atoms with van der Waals surface area (Å²) < 4.78 is 15.2. The van der Waals surface area contributed by atoms with Gasteiger partial charge in [0.25, 0.3) is 0 Å². The summed E-state index contributed by atoms with van der Waals surface area (Å²) in [4.78, 5) is 24.1. The van der Waals surface area contributed by atoms with Gasteiger partial charge in [-0.15, -0.1) is 0 Å². The third-order valence-electron chi connectivity index (χ3n) is 3.21. The van der Waals surface area contributed by atoms with Crippen LogP contribution in [0.2, 0.25) is 0 Å². The highest BCUT2D eigenvalue weighted by molar-refractivity contribution is 6.03. The molecule has 0 saturated carbocycles. The van der Waals surface area contributed by atoms with E-state index in [1.54, 1.807) is 30.3 Å². The van der Waals surface area contributed by atoms with Crippen LogP contribution in [0.15, 0.2) is 42.5 Å². The molecule has 2 aromatic carbocycles. The molecule has 0 fully saturated rings. The lowest BCUT2D eigenvalue weighted by atomic mass is 10.1. The summed E-state index contributed by atoms with van der Waals surface area (Å²) in [6, 6.07) is 11.2. The number of nitrogen functional groups attached to an aromatic ring is 1. The van der Waals surface area contributed by atoms with Gasteiger partial charge in [-0.2, -0.15) is 0 Å². The molecule has 6 nitrogen and oxygen atoms in total. The Morgan fingerprint density at radius 3 is 2.35 bits per heavy atom. The molecule has 0 saturated heterocycles. The summed E-state index contributed by atoms with van der Waals surface area (Å²) >= 11 is 0. The standard InChI is InChI=1S/C17H17NO5/c1-21-15-8-7-11(9-16(15)22-2)17(20)23-10-14(19)12-5-3-4-6-13(12)18/h3-9H,10,18H2,1-2H3. The molecule has 23 heavy (non-hydrogen) atoms. The summed E-state index contributed by atoms with van der Waals surface area (Å²) in [5.41, 5.74) is 6.65. The Labute approximate surface area is 133 Å². The quantitative estimate of drug-likeness (QED) is 0.500. The van der Waals surface area contributed by atoms with Crippen LogP contribution in [0, 0.1) is 0 Å². The van der Waals surface area contributed by atoms with Gasteiger partial charge in [-0.3, -0.25) is 4.79 Å². The van der Waals surface area contributed by atoms with Crippen molar-refractivity contribution >= 4 is 17.4 Å². The molecule has 0 bridgehead atoms. The SMILES string of the molecule is COc1ccc(C(=O)OCC(=O)c2ccccc2N)cc1OC. The number of hydrogen-bond acceptors (Lipinski definition) is 6. The van der Waals surface area contributed by atoms with E-state index in [9.17, 15) is 9.59 Å². The van der Waals surface area contributed by atoms with Gasteiger partial charge >= 0.3 is 5.97 Å². The molecule has 0 unspecified atom stereocenters. The van der Waals surface area contributed by atoms with E-state index in [0.717, 1.165) is 0 Å². The summed E-state index contributed by atoms with van der Waals surface area (Å²) in [6.45, 7) is -0.388. The fourth-order valence-corrected chi connectivity index (χ4v) is 2.01. The lowest BCUT2D eigenvalue weighted by molar-refractivity contribution is 0.0474. The van der Waals surface area contributed by atoms with Gasteiger partial charge in [-0.1, -0.05) is 12.1 Å². The van der Waals surface area contributed by atoms with Crippen LogP contribution in [0.1, 0.15) is 20.7 Å². The Kier molecular flexibility index (Phi) is 5.19. The molecule has 120 valence electrons. The molecule has 2 aromatic rings. The number of hydrogen-bond donors (Lipinski definition) is 1. The van der Waals surface area contributed by atoms with Crippen LogP contribution in [-0.2, 0) is 4.74 Å². The average Bonchev–Trinajstić information content (AvgIpc) is 2.59. The summed E-state index contributed by atoms with van der Waals surface area (Å²) in [6.07, 6.45) is 0. The molecule has 0 radical (unpaired) electrons. The smallest absolute Gasteiger partial charge is 0.338 e. The van der Waals surface area contributed by atoms with E-state index in [2.05, 4.69) is 0 Å². The van der Waals surface area contributed by atoms with Crippen molar-refractivity contribution in [1.82, 2.24) is 0 Å². The highest BCUT2D eigenvalue weighted by Crippen LogP contribution is 2.27. The molecule has 0 aliphatic heterocycles. The lowest BCUT2D eigenvalue weighted by Crippen LogP contribution is -2.15. The van der Waals surface area contributed by atoms with Gasteiger partial charge in [0, 0.05) is 11.3 Å². The molecule has 0 aliphatic rings. The fraction of sp³-hybridized carbons (Fsp3) is 0.176. The second kappa shape index (κ2) is 7.31. The zero-order valence-electron chi connectivity index (χ0n) is 12.9. The zero-order valence-corrected chi connectivity index (χ0v) is 12.9. The maximum Gasteiger partial charge on any atom is 0.338 e. The summed E-state index contributed by atoms with van der Waals surface area (Å²) in [7, 11) is 2.97. The largest absolute Gasteiger partial charge is 0.493 e. The van der Waals surface area contributed by atoms with Crippen molar-refractivity contribution in [3.05, 3.63) is 53.6 Å². The summed E-state index contributed by atoms with van der Waals surface area (Å²) in [5.74, 6) is -0.0940. The van der Waals surface area contributed by atoms with E-state index in [4.69, 9.17) is 19.9 Å². The van der Waals surface area contributed by atoms with Gasteiger partial charge in [0.1, 0.15) is 0 Å². The van der Waals surface area contributed by atoms with Gasteiger partial charge < -0.3 is 19.9 Å². The number of ketones is 1. The van der Waals surface area contributed by atoms with Crippen molar-refractivity contribution in [2.24, 2.45) is 0 Å². The number of carbonyl (C=O) groups excluding carboxylic acids is 2. The molecule has 0 spiro atoms. The van der Waals surface area contributed by atoms with E-state index >= 15 is 0 Å². The van der Waals surface area contributed by atoms with Crippen LogP contribution in [0.3, 0.4) is 0 Å². The first-order chi connectivity index (χ1) is 11.1. The molecular weight excluding hydrogens is 298 g/mol. The maximum absolute atomic E-state index is 12.0. The van der Waals surface area contributed by atoms with Crippen molar-refractivity contribution in [1.29, 1.82) is 0 Å². The van der Waals surface area contributed by atoms with Gasteiger partial charge in [0.15, 0.2) is 18.1 Å². The van der Waals surface area contributed by atoms with Gasteiger partial charge in [-0.25, -0.2) is 4.79 Å². The highest BCUT2D eigenvalue weighted by Gasteiger charge is 2.15. The number of anilines is 1. The maximum atomic E-state index is 12.0. The number of esters is 1. The number of ether oxygens (including phenoxy) is 3. The molecule has 0 amide bonds. The monoisotopic (exact) mass is 315 g/mol. The van der Waals surface area contributed by atoms with Crippen molar-refractivity contribution in [3.8, 4) is 11.5 Å². The van der Waals surface area contributed by atoms with E-state index in [0.29, 0.717) is 22.7 Å². The number of rotatable bonds is 6. The first kappa shape index (κ1) is 16.4. The van der Waals surface area contributed by atoms with Crippen LogP contribution in [0.5, 0.6) is 11.5 Å². The molecule has 6 heteroatoms. The molecule has 0 aliphatic carbocycles. The number of para-hydroxylation sites is 1. The predicted octanol–water partition coefficient (Wildman–Crippen LogP) is 2.33. The molecular formula is C17H17NO5. The predicted molar refractivity (Wildman–Crippen MR) is 85.0 cm³/mol. The average molecular weight is 315 g/mol. The molecule has 0 heterocycles. The number of methoxy groups -OCH3 is 2. The normalized spacial score (nSPS) is 10.0. The number of nitrogens with two attached hydrogens (primary N) is 1. The Morgan fingerprint density at radius 2 is 1.70 bits per heavy atom. The lowest BCUT2D eigenvalue weighted by Gasteiger charge is -2.10. The van der Waals surface area contributed by atoms with E-state index in [1.165, 1.54) is 26.4 Å². The van der Waals surface area contributed by atoms with Crippen molar-refractivity contribution in [2.75, 3.05) is 26.6 Å². The second-order valence-corrected chi connectivity index (χ2v) is 4.66. The second-order valence-electron chi connectivity index (χ2n) is 4.66. The minimum absolute atomic E-state index is 0.261. The number of carbonyl (C=O) groups is 2. The Bertz CT molecular complexity index is 727. The Hall–Kier alpha value is -3.02. The summed E-state index contributed by atoms with van der Waals surface area (Å²) in [5, 5.41) is 0. The first-order valence-corrected chi connectivity index (χ1v) is 6.83. The Balaban J connectivity index is 2.05. The molecule has 2 N–H and O–H groups in total. The topological polar surface area (TPSA) is 87.9 Å². The molecule has 2 rings (SSSR count). The number of Topliss-reactive ketones (excluding diaryl/α,β-unsaturated/α-hetero) is 1. The highest BCUT2D eigenvalue weighted by atomic mass is 16.5. The van der Waals surface area contributed by atoms with Crippen molar-refractivity contribution in [2.45, 2.75) is 0 Å². The van der Waals surface area contributed by atoms with E-state index in [1.807, 2.05) is 0 Å². The first-order valence-electron chi connectivity index (χ1n) is 6.83. The van der Waals surface area contributed by atoms with E-state index in [-0.39, 0.29) is 18.0 Å². The van der Waals surface area contributed by atoms with Crippen molar-refractivity contribution < 1.29 is 23.8 Å². The third kappa shape index (κ3) is 3.79. The van der Waals surface area contributed by atoms with Crippen LogP contribution in [0.4, 0.5) is 5.69 Å². The zero-order chi connectivity index (χ0) is 16.8. The van der Waals surface area contributed by atoms with Crippen LogP contribution >= 0.6 is 0 Å². The minimum atomic E-state index is -0.631. The minimum Gasteiger partial charge on any atom is -0.493 e.